The summed E-state index contributed by atoms with van der Waals surface area (Å²) in [6, 6.07) is 9.27. The van der Waals surface area contributed by atoms with Crippen LogP contribution in [-0.4, -0.2) is 41.3 Å². The van der Waals surface area contributed by atoms with E-state index in [0.29, 0.717) is 5.75 Å². The molecule has 4 rings (SSSR count). The van der Waals surface area contributed by atoms with Gasteiger partial charge < -0.3 is 65.9 Å². The Balaban J connectivity index is 2.11. The molecular formula is C26H22O15P2-4. The number of hydrogen-bond acceptors (Lipinski definition) is 15. The van der Waals surface area contributed by atoms with E-state index in [1.807, 2.05) is 0 Å². The van der Waals surface area contributed by atoms with Gasteiger partial charge >= 0.3 is 0 Å². The van der Waals surface area contributed by atoms with E-state index in [-0.39, 0.29) is 44.9 Å². The molecule has 43 heavy (non-hydrogen) atoms. The molecule has 0 bridgehead atoms. The first kappa shape index (κ1) is 31.7. The number of carbonyl (C=O) groups excluding carboxylic acids is 1. The maximum absolute atomic E-state index is 14.0. The van der Waals surface area contributed by atoms with Crippen LogP contribution in [-0.2, 0) is 9.13 Å². The van der Waals surface area contributed by atoms with Gasteiger partial charge in [0.05, 0.1) is 35.5 Å². The average Bonchev–Trinajstić information content (AvgIpc) is 3.33. The van der Waals surface area contributed by atoms with Gasteiger partial charge in [-0.15, -0.1) is 0 Å². The van der Waals surface area contributed by atoms with Gasteiger partial charge in [0.1, 0.15) is 27.0 Å². The van der Waals surface area contributed by atoms with Gasteiger partial charge in [-0.25, -0.2) is 0 Å². The zero-order valence-electron chi connectivity index (χ0n) is 23.1. The number of phosphoric ester groups is 2. The van der Waals surface area contributed by atoms with Gasteiger partial charge in [-0.2, -0.15) is 0 Å². The molecule has 0 amide bonds. The summed E-state index contributed by atoms with van der Waals surface area (Å²) in [5.74, 6) is -3.07. The van der Waals surface area contributed by atoms with Crippen molar-refractivity contribution >= 4 is 32.4 Å². The molecule has 0 aliphatic heterocycles. The number of ether oxygens (including phenoxy) is 5. The lowest BCUT2D eigenvalue weighted by Gasteiger charge is -2.34. The normalized spacial score (nSPS) is 11.7. The van der Waals surface area contributed by atoms with E-state index in [1.54, 1.807) is 0 Å². The molecule has 0 aliphatic rings. The first-order valence-electron chi connectivity index (χ1n) is 11.8. The summed E-state index contributed by atoms with van der Waals surface area (Å²) in [5, 5.41) is 0.164. The summed E-state index contributed by atoms with van der Waals surface area (Å²) in [4.78, 5) is 60.8. The summed E-state index contributed by atoms with van der Waals surface area (Å²) in [6.45, 7) is 0. The highest BCUT2D eigenvalue weighted by atomic mass is 31.2. The Labute approximate surface area is 243 Å². The molecule has 0 saturated carbocycles. The number of carbonyl (C=O) groups is 1. The molecule has 230 valence electrons. The van der Waals surface area contributed by atoms with Crippen molar-refractivity contribution in [3.05, 3.63) is 53.8 Å². The number of benzene rings is 3. The topological polar surface area (TPSA) is 221 Å². The molecule has 1 aromatic heterocycles. The highest BCUT2D eigenvalue weighted by molar-refractivity contribution is 7.44. The lowest BCUT2D eigenvalue weighted by Crippen LogP contribution is -2.21. The van der Waals surface area contributed by atoms with E-state index in [1.165, 1.54) is 58.8 Å². The van der Waals surface area contributed by atoms with Gasteiger partial charge in [-0.3, -0.25) is 4.79 Å². The largest absolute Gasteiger partial charge is 0.780 e. The molecule has 0 N–H and O–H groups in total. The first-order valence-corrected chi connectivity index (χ1v) is 14.8. The van der Waals surface area contributed by atoms with E-state index in [2.05, 4.69) is 9.05 Å². The maximum Gasteiger partial charge on any atom is 0.229 e. The molecule has 0 fully saturated rings. The third kappa shape index (κ3) is 6.57. The molecule has 0 spiro atoms. The first-order chi connectivity index (χ1) is 20.2. The van der Waals surface area contributed by atoms with E-state index < -0.39 is 44.4 Å². The monoisotopic (exact) mass is 636 g/mol. The van der Waals surface area contributed by atoms with E-state index >= 15 is 0 Å². The van der Waals surface area contributed by atoms with Crippen LogP contribution < -0.4 is 52.3 Å². The van der Waals surface area contributed by atoms with Crippen LogP contribution in [0.2, 0.25) is 0 Å². The highest BCUT2D eigenvalue weighted by Gasteiger charge is 2.30. The van der Waals surface area contributed by atoms with Crippen LogP contribution in [0.3, 0.4) is 0 Å². The zero-order chi connectivity index (χ0) is 31.7. The fourth-order valence-electron chi connectivity index (χ4n) is 4.28. The lowest BCUT2D eigenvalue weighted by atomic mass is 9.96. The van der Waals surface area contributed by atoms with Crippen LogP contribution in [0.25, 0.3) is 22.1 Å². The second kappa shape index (κ2) is 12.2. The minimum absolute atomic E-state index is 0.0452. The Morgan fingerprint density at radius 3 is 1.77 bits per heavy atom. The molecule has 4 aromatic rings. The van der Waals surface area contributed by atoms with Crippen molar-refractivity contribution in [2.45, 2.75) is 0 Å². The molecule has 3 aromatic carbocycles. The highest BCUT2D eigenvalue weighted by Crippen LogP contribution is 2.54. The Hall–Kier alpha value is -4.23. The molecular weight excluding hydrogens is 614 g/mol. The van der Waals surface area contributed by atoms with Crippen molar-refractivity contribution in [1.29, 1.82) is 0 Å². The number of hydrogen-bond donors (Lipinski definition) is 0. The van der Waals surface area contributed by atoms with Crippen molar-refractivity contribution < 1.29 is 70.6 Å². The van der Waals surface area contributed by atoms with Crippen LogP contribution in [0.5, 0.6) is 40.2 Å². The van der Waals surface area contributed by atoms with Gasteiger partial charge in [0, 0.05) is 28.1 Å². The summed E-state index contributed by atoms with van der Waals surface area (Å²) < 4.78 is 64.6. The van der Waals surface area contributed by atoms with Crippen molar-refractivity contribution in [3.8, 4) is 51.4 Å². The third-order valence-corrected chi connectivity index (χ3v) is 6.81. The van der Waals surface area contributed by atoms with Crippen molar-refractivity contribution in [2.75, 3.05) is 35.5 Å². The Bertz CT molecular complexity index is 1760. The van der Waals surface area contributed by atoms with Crippen molar-refractivity contribution in [1.82, 2.24) is 0 Å². The predicted molar refractivity (Wildman–Crippen MR) is 141 cm³/mol. The number of methoxy groups -OCH3 is 5. The fraction of sp³-hybridized carbons (Fsp3) is 0.192. The molecule has 1 heterocycles. The smallest absolute Gasteiger partial charge is 0.229 e. The van der Waals surface area contributed by atoms with Crippen LogP contribution >= 0.6 is 15.6 Å². The van der Waals surface area contributed by atoms with Crippen molar-refractivity contribution in [3.63, 3.8) is 0 Å². The summed E-state index contributed by atoms with van der Waals surface area (Å²) in [6.07, 6.45) is 0. The Kier molecular flexibility index (Phi) is 8.97. The van der Waals surface area contributed by atoms with Gasteiger partial charge in [0.25, 0.3) is 0 Å². The fourth-order valence-corrected chi connectivity index (χ4v) is 5.08. The molecule has 0 saturated heterocycles. The average molecular weight is 636 g/mol. The number of fused-ring (bicyclic) bond motifs is 1. The number of rotatable bonds is 12. The zero-order valence-corrected chi connectivity index (χ0v) is 24.8. The van der Waals surface area contributed by atoms with Gasteiger partial charge in [0.2, 0.25) is 17.3 Å². The minimum Gasteiger partial charge on any atom is -0.780 e. The van der Waals surface area contributed by atoms with E-state index in [9.17, 15) is 33.5 Å². The van der Waals surface area contributed by atoms with E-state index in [4.69, 9.17) is 28.1 Å². The standard InChI is InChI=1S/C26H26O15P2/c1-34-14-6-7-15-18(12-14)39-26(22(27)13-10-19(36-3)24(38-5)20(11-13)37-4)21(15)16-8-9-17(35-2)25(41-43(31,32)33)23(16)40-42(28,29)30/h6-12H,1-5H3,(H2,28,29,30)(H2,31,32,33)/p-4. The summed E-state index contributed by atoms with van der Waals surface area (Å²) >= 11 is 0. The number of furan rings is 1. The molecule has 0 atom stereocenters. The molecule has 0 unspecified atom stereocenters. The Morgan fingerprint density at radius 2 is 1.26 bits per heavy atom. The molecule has 0 aliphatic carbocycles. The van der Waals surface area contributed by atoms with Crippen LogP contribution in [0.1, 0.15) is 16.1 Å². The number of ketones is 1. The third-order valence-electron chi connectivity index (χ3n) is 6.00. The van der Waals surface area contributed by atoms with Gasteiger partial charge in [-0.05, 0) is 36.4 Å². The van der Waals surface area contributed by atoms with Gasteiger partial charge in [-0.1, -0.05) is 0 Å². The maximum atomic E-state index is 14.0. The SMILES string of the molecule is COc1ccc2c(-c3ccc(OC)c(OP(=O)([O-])[O-])c3OP(=O)([O-])[O-])c(C(=O)c3cc(OC)c(OC)c(OC)c3)oc2c1. The second-order valence-electron chi connectivity index (χ2n) is 8.46. The van der Waals surface area contributed by atoms with Gasteiger partial charge in [0.15, 0.2) is 28.8 Å². The lowest BCUT2D eigenvalue weighted by molar-refractivity contribution is -0.337. The summed E-state index contributed by atoms with van der Waals surface area (Å²) in [5.41, 5.74) is -0.536. The minimum atomic E-state index is -5.95. The van der Waals surface area contributed by atoms with E-state index in [0.717, 1.165) is 19.2 Å². The molecule has 15 nitrogen and oxygen atoms in total. The predicted octanol–water partition coefficient (Wildman–Crippen LogP) is 1.79. The quantitative estimate of drug-likeness (QED) is 0.160. The summed E-state index contributed by atoms with van der Waals surface area (Å²) in [7, 11) is -5.36. The second-order valence-corrected chi connectivity index (χ2v) is 10.6. The van der Waals surface area contributed by atoms with Crippen LogP contribution in [0, 0.1) is 0 Å². The number of phosphoric acid groups is 2. The molecule has 0 radical (unpaired) electrons. The molecule has 17 heteroatoms. The van der Waals surface area contributed by atoms with Crippen LogP contribution in [0.15, 0.2) is 46.9 Å². The van der Waals surface area contributed by atoms with Crippen LogP contribution in [0.4, 0.5) is 0 Å². The Morgan fingerprint density at radius 1 is 0.674 bits per heavy atom. The van der Waals surface area contributed by atoms with Crippen molar-refractivity contribution in [2.24, 2.45) is 0 Å².